The van der Waals surface area contributed by atoms with Gasteiger partial charge >= 0.3 is 5.97 Å². The van der Waals surface area contributed by atoms with Crippen molar-refractivity contribution in [2.75, 3.05) is 12.4 Å². The molecule has 0 atom stereocenters. The van der Waals surface area contributed by atoms with Crippen molar-refractivity contribution in [3.05, 3.63) is 22.1 Å². The zero-order valence-electron chi connectivity index (χ0n) is 8.57. The molecule has 0 bridgehead atoms. The minimum atomic E-state index is -0.568. The maximum absolute atomic E-state index is 11.3. The lowest BCUT2D eigenvalue weighted by Crippen LogP contribution is -2.15. The minimum absolute atomic E-state index is 0.0524. The van der Waals surface area contributed by atoms with Gasteiger partial charge < -0.3 is 9.72 Å². The number of ether oxygens (including phenoxy) is 1. The molecular weight excluding hydrogens is 216 g/mol. The molecule has 1 heterocycles. The Labute approximate surface area is 91.3 Å². The minimum Gasteiger partial charge on any atom is -0.461 e. The van der Waals surface area contributed by atoms with E-state index in [9.17, 15) is 9.59 Å². The second kappa shape index (κ2) is 5.55. The third-order valence-electron chi connectivity index (χ3n) is 1.49. The Morgan fingerprint density at radius 2 is 2.33 bits per heavy atom. The molecule has 0 saturated heterocycles. The van der Waals surface area contributed by atoms with Crippen LogP contribution in [0.15, 0.2) is 16.0 Å². The first-order chi connectivity index (χ1) is 7.17. The average Bonchev–Trinajstić information content (AvgIpc) is 2.17. The predicted molar refractivity (Wildman–Crippen MR) is 57.2 cm³/mol. The quantitative estimate of drug-likeness (QED) is 0.474. The van der Waals surface area contributed by atoms with E-state index in [1.807, 2.05) is 6.92 Å². The SMILES string of the molecule is CCOC(=O)c1cc(=O)[nH]c(SCC)n1. The molecule has 0 spiro atoms. The van der Waals surface area contributed by atoms with Crippen molar-refractivity contribution in [1.29, 1.82) is 0 Å². The van der Waals surface area contributed by atoms with Crippen LogP contribution >= 0.6 is 11.8 Å². The van der Waals surface area contributed by atoms with Crippen LogP contribution in [0.25, 0.3) is 0 Å². The molecule has 0 unspecified atom stereocenters. The summed E-state index contributed by atoms with van der Waals surface area (Å²) in [6, 6.07) is 1.14. The molecule has 0 aromatic carbocycles. The third-order valence-corrected chi connectivity index (χ3v) is 2.24. The number of aromatic nitrogens is 2. The molecule has 0 aliphatic rings. The van der Waals surface area contributed by atoms with Crippen molar-refractivity contribution in [3.8, 4) is 0 Å². The van der Waals surface area contributed by atoms with Gasteiger partial charge in [-0.25, -0.2) is 9.78 Å². The Hall–Kier alpha value is -1.30. The Morgan fingerprint density at radius 1 is 1.60 bits per heavy atom. The van der Waals surface area contributed by atoms with E-state index < -0.39 is 5.97 Å². The van der Waals surface area contributed by atoms with Crippen LogP contribution in [0.3, 0.4) is 0 Å². The summed E-state index contributed by atoms with van der Waals surface area (Å²) in [7, 11) is 0. The van der Waals surface area contributed by atoms with E-state index in [0.717, 1.165) is 11.8 Å². The van der Waals surface area contributed by atoms with Crippen molar-refractivity contribution in [3.63, 3.8) is 0 Å². The van der Waals surface area contributed by atoms with Crippen LogP contribution in [0.2, 0.25) is 0 Å². The fraction of sp³-hybridized carbons (Fsp3) is 0.444. The van der Waals surface area contributed by atoms with E-state index in [2.05, 4.69) is 9.97 Å². The van der Waals surface area contributed by atoms with Crippen molar-refractivity contribution in [1.82, 2.24) is 9.97 Å². The molecule has 5 nitrogen and oxygen atoms in total. The van der Waals surface area contributed by atoms with Gasteiger partial charge in [-0.1, -0.05) is 18.7 Å². The molecule has 0 aliphatic heterocycles. The maximum atomic E-state index is 11.3. The molecule has 1 rings (SSSR count). The number of nitrogens with one attached hydrogen (secondary N) is 1. The number of rotatable bonds is 4. The third kappa shape index (κ3) is 3.39. The van der Waals surface area contributed by atoms with Crippen LogP contribution in [0.4, 0.5) is 0 Å². The van der Waals surface area contributed by atoms with Crippen molar-refractivity contribution >= 4 is 17.7 Å². The number of esters is 1. The summed E-state index contributed by atoms with van der Waals surface area (Å²) >= 11 is 1.36. The highest BCUT2D eigenvalue weighted by Gasteiger charge is 2.10. The zero-order valence-corrected chi connectivity index (χ0v) is 9.39. The summed E-state index contributed by atoms with van der Waals surface area (Å²) in [4.78, 5) is 29.0. The molecule has 1 N–H and O–H groups in total. The number of carbonyl (C=O) groups is 1. The van der Waals surface area contributed by atoms with E-state index >= 15 is 0 Å². The Bertz CT molecular complexity index is 403. The number of carbonyl (C=O) groups excluding carboxylic acids is 1. The lowest BCUT2D eigenvalue weighted by Gasteiger charge is -2.02. The van der Waals surface area contributed by atoms with E-state index in [0.29, 0.717) is 5.16 Å². The number of hydrogen-bond acceptors (Lipinski definition) is 5. The zero-order chi connectivity index (χ0) is 11.3. The molecular formula is C9H12N2O3S. The molecule has 0 aliphatic carbocycles. The molecule has 0 fully saturated rings. The van der Waals surface area contributed by atoms with Gasteiger partial charge in [0, 0.05) is 6.07 Å². The van der Waals surface area contributed by atoms with Crippen molar-refractivity contribution in [2.45, 2.75) is 19.0 Å². The molecule has 1 aromatic heterocycles. The highest BCUT2D eigenvalue weighted by molar-refractivity contribution is 7.99. The monoisotopic (exact) mass is 228 g/mol. The predicted octanol–water partition coefficient (Wildman–Crippen LogP) is 1.06. The smallest absolute Gasteiger partial charge is 0.357 e. The summed E-state index contributed by atoms with van der Waals surface area (Å²) < 4.78 is 4.75. The fourth-order valence-corrected chi connectivity index (χ4v) is 1.56. The number of thioether (sulfide) groups is 1. The van der Waals surface area contributed by atoms with E-state index in [1.165, 1.54) is 11.8 Å². The lowest BCUT2D eigenvalue weighted by atomic mass is 10.4. The Morgan fingerprint density at radius 3 is 2.93 bits per heavy atom. The molecule has 15 heavy (non-hydrogen) atoms. The van der Waals surface area contributed by atoms with Gasteiger partial charge in [0.15, 0.2) is 10.9 Å². The molecule has 0 amide bonds. The number of nitrogens with zero attached hydrogens (tertiary/aromatic N) is 1. The second-order valence-corrected chi connectivity index (χ2v) is 3.84. The average molecular weight is 228 g/mol. The van der Waals surface area contributed by atoms with E-state index in [1.54, 1.807) is 6.92 Å². The summed E-state index contributed by atoms with van der Waals surface area (Å²) in [5.74, 6) is 0.205. The molecule has 6 heteroatoms. The van der Waals surface area contributed by atoms with Gasteiger partial charge in [-0.15, -0.1) is 0 Å². The van der Waals surface area contributed by atoms with Gasteiger partial charge in [-0.05, 0) is 12.7 Å². The summed E-state index contributed by atoms with van der Waals surface area (Å²) in [5, 5.41) is 0.438. The summed E-state index contributed by atoms with van der Waals surface area (Å²) in [5.41, 5.74) is -0.291. The summed E-state index contributed by atoms with van der Waals surface area (Å²) in [6.07, 6.45) is 0. The highest BCUT2D eigenvalue weighted by Crippen LogP contribution is 2.10. The van der Waals surface area contributed by atoms with Crippen LogP contribution in [-0.4, -0.2) is 28.3 Å². The van der Waals surface area contributed by atoms with Gasteiger partial charge in [0.25, 0.3) is 5.56 Å². The van der Waals surface area contributed by atoms with Gasteiger partial charge in [0.05, 0.1) is 6.61 Å². The van der Waals surface area contributed by atoms with Gasteiger partial charge in [-0.3, -0.25) is 4.79 Å². The van der Waals surface area contributed by atoms with Gasteiger partial charge in [-0.2, -0.15) is 0 Å². The highest BCUT2D eigenvalue weighted by atomic mass is 32.2. The van der Waals surface area contributed by atoms with Crippen molar-refractivity contribution < 1.29 is 9.53 Å². The first-order valence-corrected chi connectivity index (χ1v) is 5.57. The first-order valence-electron chi connectivity index (χ1n) is 4.58. The fourth-order valence-electron chi connectivity index (χ4n) is 0.950. The Balaban J connectivity index is 2.98. The number of H-pyrrole nitrogens is 1. The van der Waals surface area contributed by atoms with Crippen LogP contribution in [-0.2, 0) is 4.74 Å². The van der Waals surface area contributed by atoms with Crippen LogP contribution in [0, 0.1) is 0 Å². The molecule has 0 radical (unpaired) electrons. The van der Waals surface area contributed by atoms with Gasteiger partial charge in [0.1, 0.15) is 0 Å². The van der Waals surface area contributed by atoms with Crippen LogP contribution < -0.4 is 5.56 Å². The van der Waals surface area contributed by atoms with E-state index in [4.69, 9.17) is 4.74 Å². The second-order valence-electron chi connectivity index (χ2n) is 2.59. The van der Waals surface area contributed by atoms with Crippen LogP contribution in [0.1, 0.15) is 24.3 Å². The number of aromatic amines is 1. The van der Waals surface area contributed by atoms with Gasteiger partial charge in [0.2, 0.25) is 0 Å². The Kier molecular flexibility index (Phi) is 4.36. The van der Waals surface area contributed by atoms with E-state index in [-0.39, 0.29) is 17.9 Å². The topological polar surface area (TPSA) is 72.1 Å². The molecule has 0 saturated carbocycles. The largest absolute Gasteiger partial charge is 0.461 e. The standard InChI is InChI=1S/C9H12N2O3S/c1-3-14-8(13)6-5-7(12)11-9(10-6)15-4-2/h5H,3-4H2,1-2H3,(H,10,11,12). The lowest BCUT2D eigenvalue weighted by molar-refractivity contribution is 0.0518. The summed E-state index contributed by atoms with van der Waals surface area (Å²) in [6.45, 7) is 3.90. The first kappa shape index (κ1) is 11.8. The molecule has 1 aromatic rings. The normalized spacial score (nSPS) is 10.0. The number of hydrogen-bond donors (Lipinski definition) is 1. The maximum Gasteiger partial charge on any atom is 0.357 e. The van der Waals surface area contributed by atoms with Crippen LogP contribution in [0.5, 0.6) is 0 Å². The van der Waals surface area contributed by atoms with Crippen molar-refractivity contribution in [2.24, 2.45) is 0 Å². The molecule has 82 valence electrons.